The lowest BCUT2D eigenvalue weighted by Gasteiger charge is -2.11. The summed E-state index contributed by atoms with van der Waals surface area (Å²) >= 11 is 0. The number of aryl methyl sites for hydroxylation is 2. The molecule has 0 radical (unpaired) electrons. The van der Waals surface area contributed by atoms with Crippen LogP contribution < -0.4 is 14.8 Å². The highest BCUT2D eigenvalue weighted by Crippen LogP contribution is 2.32. The Bertz CT molecular complexity index is 934. The summed E-state index contributed by atoms with van der Waals surface area (Å²) in [6.07, 6.45) is 0. The molecule has 0 saturated heterocycles. The van der Waals surface area contributed by atoms with Crippen molar-refractivity contribution >= 4 is 23.3 Å². The van der Waals surface area contributed by atoms with Gasteiger partial charge in [0.2, 0.25) is 13.4 Å². The number of hydrogen-bond acceptors (Lipinski definition) is 7. The lowest BCUT2D eigenvalue weighted by atomic mass is 10.1. The van der Waals surface area contributed by atoms with E-state index in [2.05, 4.69) is 10.5 Å². The largest absolute Gasteiger partial charge is 0.454 e. The number of nitrogens with zero attached hydrogens (tertiary/aromatic N) is 1. The number of esters is 1. The average molecular weight is 398 g/mol. The summed E-state index contributed by atoms with van der Waals surface area (Å²) < 4.78 is 15.5. The van der Waals surface area contributed by atoms with Crippen LogP contribution in [-0.4, -0.2) is 37.6 Å². The topological polar surface area (TPSA) is 95.5 Å². The maximum atomic E-state index is 12.0. The number of ether oxygens (including phenoxy) is 3. The van der Waals surface area contributed by atoms with Crippen LogP contribution in [0.2, 0.25) is 0 Å². The van der Waals surface area contributed by atoms with Crippen LogP contribution in [0.3, 0.4) is 0 Å². The highest BCUT2D eigenvalue weighted by molar-refractivity contribution is 5.99. The van der Waals surface area contributed by atoms with Crippen molar-refractivity contribution in [3.05, 3.63) is 53.1 Å². The molecule has 0 bridgehead atoms. The molecule has 29 heavy (non-hydrogen) atoms. The van der Waals surface area contributed by atoms with E-state index in [-0.39, 0.29) is 6.79 Å². The van der Waals surface area contributed by atoms with Crippen molar-refractivity contribution in [2.24, 2.45) is 5.16 Å². The minimum atomic E-state index is -0.691. The van der Waals surface area contributed by atoms with Gasteiger partial charge < -0.3 is 24.4 Å². The minimum Gasteiger partial charge on any atom is -0.454 e. The van der Waals surface area contributed by atoms with Gasteiger partial charge in [-0.25, -0.2) is 4.79 Å². The predicted octanol–water partition coefficient (Wildman–Crippen LogP) is 2.95. The van der Waals surface area contributed by atoms with Gasteiger partial charge in [0.15, 0.2) is 18.1 Å². The van der Waals surface area contributed by atoms with Crippen LogP contribution in [0.4, 0.5) is 5.69 Å². The maximum absolute atomic E-state index is 12.0. The zero-order valence-electron chi connectivity index (χ0n) is 16.5. The third-order valence-corrected chi connectivity index (χ3v) is 4.28. The predicted molar refractivity (Wildman–Crippen MR) is 106 cm³/mol. The third kappa shape index (κ3) is 5.25. The summed E-state index contributed by atoms with van der Waals surface area (Å²) in [5, 5.41) is 6.64. The second-order valence-corrected chi connectivity index (χ2v) is 6.49. The first-order valence-electron chi connectivity index (χ1n) is 9.02. The number of anilines is 1. The van der Waals surface area contributed by atoms with E-state index in [1.54, 1.807) is 19.1 Å². The van der Waals surface area contributed by atoms with Crippen LogP contribution in [0.1, 0.15) is 23.6 Å². The number of fused-ring (bicyclic) bond motifs is 1. The highest BCUT2D eigenvalue weighted by Gasteiger charge is 2.14. The molecule has 0 fully saturated rings. The van der Waals surface area contributed by atoms with Crippen molar-refractivity contribution in [2.45, 2.75) is 20.8 Å². The van der Waals surface area contributed by atoms with Crippen LogP contribution >= 0.6 is 0 Å². The molecule has 0 aromatic heterocycles. The first-order valence-corrected chi connectivity index (χ1v) is 9.02. The van der Waals surface area contributed by atoms with E-state index in [1.807, 2.05) is 38.1 Å². The molecule has 1 aliphatic heterocycles. The Hall–Kier alpha value is -3.55. The molecule has 0 atom stereocenters. The van der Waals surface area contributed by atoms with Gasteiger partial charge in [0, 0.05) is 11.3 Å². The van der Waals surface area contributed by atoms with Gasteiger partial charge in [0.1, 0.15) is 0 Å². The number of para-hydroxylation sites is 1. The molecule has 0 aliphatic carbocycles. The molecule has 0 spiro atoms. The molecule has 2 aromatic carbocycles. The first kappa shape index (κ1) is 20.2. The Balaban J connectivity index is 1.44. The molecule has 1 amide bonds. The van der Waals surface area contributed by atoms with E-state index in [9.17, 15) is 9.59 Å². The fourth-order valence-electron chi connectivity index (χ4n) is 2.73. The van der Waals surface area contributed by atoms with Gasteiger partial charge in [-0.05, 0) is 50.1 Å². The molecular formula is C21H22N2O6. The monoisotopic (exact) mass is 398 g/mol. The SMILES string of the molecule is C/C(=N\OCC(=O)OCC(=O)Nc1c(C)cccc1C)c1ccc2c(c1)OCO2. The van der Waals surface area contributed by atoms with Gasteiger partial charge in [-0.15, -0.1) is 0 Å². The van der Waals surface area contributed by atoms with Crippen molar-refractivity contribution in [3.8, 4) is 11.5 Å². The van der Waals surface area contributed by atoms with E-state index in [0.29, 0.717) is 22.9 Å². The van der Waals surface area contributed by atoms with Crippen molar-refractivity contribution in [1.29, 1.82) is 0 Å². The maximum Gasteiger partial charge on any atom is 0.347 e. The highest BCUT2D eigenvalue weighted by atomic mass is 16.7. The van der Waals surface area contributed by atoms with Crippen LogP contribution in [-0.2, 0) is 19.2 Å². The second kappa shape index (κ2) is 9.09. The number of oxime groups is 1. The lowest BCUT2D eigenvalue weighted by molar-refractivity contribution is -0.151. The smallest absolute Gasteiger partial charge is 0.347 e. The normalized spacial score (nSPS) is 12.4. The summed E-state index contributed by atoms with van der Waals surface area (Å²) in [7, 11) is 0. The molecule has 1 N–H and O–H groups in total. The Morgan fingerprint density at radius 1 is 1.07 bits per heavy atom. The van der Waals surface area contributed by atoms with E-state index < -0.39 is 25.1 Å². The minimum absolute atomic E-state index is 0.189. The second-order valence-electron chi connectivity index (χ2n) is 6.49. The van der Waals surface area contributed by atoms with Gasteiger partial charge in [-0.2, -0.15) is 0 Å². The summed E-state index contributed by atoms with van der Waals surface area (Å²) in [6, 6.07) is 11.1. The van der Waals surface area contributed by atoms with Gasteiger partial charge in [-0.3, -0.25) is 4.79 Å². The number of rotatable bonds is 7. The van der Waals surface area contributed by atoms with Crippen LogP contribution in [0.25, 0.3) is 0 Å². The number of carbonyl (C=O) groups excluding carboxylic acids is 2. The Kier molecular flexibility index (Phi) is 6.33. The fourth-order valence-corrected chi connectivity index (χ4v) is 2.73. The number of nitrogens with one attached hydrogen (secondary N) is 1. The summed E-state index contributed by atoms with van der Waals surface area (Å²) in [6.45, 7) is 4.90. The van der Waals surface area contributed by atoms with Crippen LogP contribution in [0.5, 0.6) is 11.5 Å². The molecule has 8 heteroatoms. The van der Waals surface area contributed by atoms with Crippen molar-refractivity contribution in [2.75, 3.05) is 25.3 Å². The van der Waals surface area contributed by atoms with Crippen LogP contribution in [0, 0.1) is 13.8 Å². The molecule has 3 rings (SSSR count). The molecule has 2 aromatic rings. The van der Waals surface area contributed by atoms with E-state index >= 15 is 0 Å². The molecule has 1 heterocycles. The lowest BCUT2D eigenvalue weighted by Crippen LogP contribution is -2.23. The summed E-state index contributed by atoms with van der Waals surface area (Å²) in [4.78, 5) is 28.8. The van der Waals surface area contributed by atoms with Gasteiger partial charge in [0.05, 0.1) is 5.71 Å². The molecule has 152 valence electrons. The van der Waals surface area contributed by atoms with Crippen LogP contribution in [0.15, 0.2) is 41.6 Å². The third-order valence-electron chi connectivity index (χ3n) is 4.28. The average Bonchev–Trinajstić information content (AvgIpc) is 3.17. The van der Waals surface area contributed by atoms with Gasteiger partial charge in [-0.1, -0.05) is 23.4 Å². The summed E-state index contributed by atoms with van der Waals surface area (Å²) in [5.74, 6) is 0.191. The van der Waals surface area contributed by atoms with E-state index in [0.717, 1.165) is 16.7 Å². The van der Waals surface area contributed by atoms with Crippen molar-refractivity contribution in [3.63, 3.8) is 0 Å². The Morgan fingerprint density at radius 2 is 1.79 bits per heavy atom. The quantitative estimate of drug-likeness (QED) is 0.438. The van der Waals surface area contributed by atoms with E-state index in [4.69, 9.17) is 19.0 Å². The number of hydrogen-bond donors (Lipinski definition) is 1. The Morgan fingerprint density at radius 3 is 2.55 bits per heavy atom. The van der Waals surface area contributed by atoms with E-state index in [1.165, 1.54) is 0 Å². The molecular weight excluding hydrogens is 376 g/mol. The van der Waals surface area contributed by atoms with Crippen molar-refractivity contribution in [1.82, 2.24) is 0 Å². The zero-order chi connectivity index (χ0) is 20.8. The number of amides is 1. The number of benzene rings is 2. The zero-order valence-corrected chi connectivity index (χ0v) is 16.5. The molecule has 1 aliphatic rings. The Labute approximate surface area is 168 Å². The molecule has 0 saturated carbocycles. The summed E-state index contributed by atoms with van der Waals surface area (Å²) in [5.41, 5.74) is 3.91. The van der Waals surface area contributed by atoms with Gasteiger partial charge in [0.25, 0.3) is 5.91 Å². The van der Waals surface area contributed by atoms with Gasteiger partial charge >= 0.3 is 5.97 Å². The fraction of sp³-hybridized carbons (Fsp3) is 0.286. The molecule has 0 unspecified atom stereocenters. The molecule has 8 nitrogen and oxygen atoms in total. The number of carbonyl (C=O) groups is 2. The standard InChI is InChI=1S/C21H22N2O6/c1-13-5-4-6-14(2)21(13)22-19(24)10-26-20(25)11-29-23-15(3)16-7-8-17-18(9-16)28-12-27-17/h4-9H,10-12H2,1-3H3,(H,22,24)/b23-15+. The first-order chi connectivity index (χ1) is 13.9. The van der Waals surface area contributed by atoms with Crippen molar-refractivity contribution < 1.29 is 28.6 Å².